The molecule has 0 unspecified atom stereocenters. The van der Waals surface area contributed by atoms with Crippen LogP contribution in [0.4, 0.5) is 0 Å². The maximum atomic E-state index is 11.0. The van der Waals surface area contributed by atoms with Crippen LogP contribution in [0, 0.1) is 0 Å². The van der Waals surface area contributed by atoms with Crippen LogP contribution in [-0.2, 0) is 0 Å². The number of phenolic OH excluding ortho intramolecular Hbond substituents is 5. The lowest BCUT2D eigenvalue weighted by molar-refractivity contribution is 0.330. The van der Waals surface area contributed by atoms with Gasteiger partial charge in [0.25, 0.3) is 0 Å². The summed E-state index contributed by atoms with van der Waals surface area (Å²) >= 11 is 0. The van der Waals surface area contributed by atoms with Crippen molar-refractivity contribution >= 4 is 32.3 Å². The standard InChI is InChI=1S/C36H24O5/c37-32-31(33(38)35(40)36(41)34(32)39)30-26-16-8-6-14-24(26)29(25-15-7-9-17-27(25)30)28-22-13-5-4-12-21(22)18-19-23(28)20-10-2-1-3-11-20/h1-19,37-41H. The molecule has 7 aromatic carbocycles. The van der Waals surface area contributed by atoms with Crippen LogP contribution in [-0.4, -0.2) is 25.5 Å². The molecule has 5 N–H and O–H groups in total. The van der Waals surface area contributed by atoms with E-state index < -0.39 is 28.7 Å². The summed E-state index contributed by atoms with van der Waals surface area (Å²) in [7, 11) is 0. The lowest BCUT2D eigenvalue weighted by atomic mass is 9.81. The normalized spacial score (nSPS) is 11.4. The molecule has 0 fully saturated rings. The smallest absolute Gasteiger partial charge is 0.208 e. The predicted molar refractivity (Wildman–Crippen MR) is 164 cm³/mol. The van der Waals surface area contributed by atoms with Gasteiger partial charge in [0.15, 0.2) is 11.5 Å². The number of benzene rings is 7. The van der Waals surface area contributed by atoms with Crippen molar-refractivity contribution in [3.63, 3.8) is 0 Å². The maximum absolute atomic E-state index is 11.0. The lowest BCUT2D eigenvalue weighted by Gasteiger charge is -2.22. The molecule has 0 aliphatic rings. The minimum absolute atomic E-state index is 0.169. The fourth-order valence-electron chi connectivity index (χ4n) is 5.99. The molecule has 198 valence electrons. The highest BCUT2D eigenvalue weighted by atomic mass is 16.4. The van der Waals surface area contributed by atoms with E-state index in [2.05, 4.69) is 36.4 Å². The molecule has 0 aliphatic heterocycles. The highest BCUT2D eigenvalue weighted by Gasteiger charge is 2.28. The van der Waals surface area contributed by atoms with E-state index in [1.807, 2.05) is 78.9 Å². The highest BCUT2D eigenvalue weighted by Crippen LogP contribution is 2.58. The molecule has 0 spiro atoms. The Hall–Kier alpha value is -5.68. The predicted octanol–water partition coefficient (Wildman–Crippen LogP) is 8.68. The first kappa shape index (κ1) is 24.4. The third kappa shape index (κ3) is 3.56. The first-order valence-electron chi connectivity index (χ1n) is 13.2. The van der Waals surface area contributed by atoms with E-state index in [-0.39, 0.29) is 5.56 Å². The van der Waals surface area contributed by atoms with Crippen molar-refractivity contribution in [3.8, 4) is 62.1 Å². The monoisotopic (exact) mass is 536 g/mol. The summed E-state index contributed by atoms with van der Waals surface area (Å²) in [4.78, 5) is 0. The van der Waals surface area contributed by atoms with Crippen LogP contribution in [0.2, 0.25) is 0 Å². The summed E-state index contributed by atoms with van der Waals surface area (Å²) in [6.07, 6.45) is 0. The van der Waals surface area contributed by atoms with Gasteiger partial charge < -0.3 is 25.5 Å². The van der Waals surface area contributed by atoms with Gasteiger partial charge in [-0.3, -0.25) is 0 Å². The zero-order valence-electron chi connectivity index (χ0n) is 21.7. The lowest BCUT2D eigenvalue weighted by Crippen LogP contribution is -1.94. The van der Waals surface area contributed by atoms with Gasteiger partial charge in [0, 0.05) is 5.56 Å². The average Bonchev–Trinajstić information content (AvgIpc) is 3.02. The minimum Gasteiger partial charge on any atom is -0.504 e. The number of hydrogen-bond donors (Lipinski definition) is 5. The Kier molecular flexibility index (Phi) is 5.47. The zero-order chi connectivity index (χ0) is 28.2. The molecule has 0 aromatic heterocycles. The molecule has 41 heavy (non-hydrogen) atoms. The Labute approximate surface area is 235 Å². The zero-order valence-corrected chi connectivity index (χ0v) is 21.7. The fraction of sp³-hybridized carbons (Fsp3) is 0. The van der Waals surface area contributed by atoms with Gasteiger partial charge in [-0.25, -0.2) is 0 Å². The van der Waals surface area contributed by atoms with Crippen LogP contribution >= 0.6 is 0 Å². The van der Waals surface area contributed by atoms with Crippen molar-refractivity contribution in [1.29, 1.82) is 0 Å². The third-order valence-corrected chi connectivity index (χ3v) is 7.82. The molecular formula is C36H24O5. The van der Waals surface area contributed by atoms with Gasteiger partial charge in [-0.1, -0.05) is 115 Å². The Morgan fingerprint density at radius 1 is 0.293 bits per heavy atom. The Morgan fingerprint density at radius 2 is 0.707 bits per heavy atom. The van der Waals surface area contributed by atoms with Gasteiger partial charge in [-0.15, -0.1) is 0 Å². The van der Waals surface area contributed by atoms with Crippen LogP contribution in [0.3, 0.4) is 0 Å². The van der Waals surface area contributed by atoms with Crippen molar-refractivity contribution in [1.82, 2.24) is 0 Å². The molecule has 0 bridgehead atoms. The number of rotatable bonds is 3. The van der Waals surface area contributed by atoms with Crippen LogP contribution in [0.15, 0.2) is 115 Å². The Bertz CT molecular complexity index is 2060. The Morgan fingerprint density at radius 3 is 1.24 bits per heavy atom. The summed E-state index contributed by atoms with van der Waals surface area (Å²) < 4.78 is 0. The van der Waals surface area contributed by atoms with Crippen molar-refractivity contribution < 1.29 is 25.5 Å². The number of hydrogen-bond acceptors (Lipinski definition) is 5. The largest absolute Gasteiger partial charge is 0.504 e. The minimum atomic E-state index is -0.989. The van der Waals surface area contributed by atoms with Crippen LogP contribution in [0.1, 0.15) is 0 Å². The maximum Gasteiger partial charge on any atom is 0.208 e. The summed E-state index contributed by atoms with van der Waals surface area (Å²) in [5.74, 6) is -4.26. The van der Waals surface area contributed by atoms with E-state index in [0.717, 1.165) is 43.8 Å². The third-order valence-electron chi connectivity index (χ3n) is 7.82. The van der Waals surface area contributed by atoms with Crippen LogP contribution in [0.25, 0.3) is 65.7 Å². The average molecular weight is 537 g/mol. The van der Waals surface area contributed by atoms with Gasteiger partial charge in [0.1, 0.15) is 0 Å². The SMILES string of the molecule is Oc1c(O)c(O)c(-c2c3ccccc3c(-c3c(-c4ccccc4)ccc4ccccc34)c3ccccc23)c(O)c1O. The molecule has 0 amide bonds. The molecule has 7 rings (SSSR count). The summed E-state index contributed by atoms with van der Waals surface area (Å²) in [6, 6.07) is 38.0. The number of fused-ring (bicyclic) bond motifs is 3. The molecule has 0 atom stereocenters. The molecular weight excluding hydrogens is 512 g/mol. The second kappa shape index (κ2) is 9.21. The number of phenols is 5. The van der Waals surface area contributed by atoms with E-state index >= 15 is 0 Å². The van der Waals surface area contributed by atoms with Crippen molar-refractivity contribution in [2.45, 2.75) is 0 Å². The molecule has 0 radical (unpaired) electrons. The van der Waals surface area contributed by atoms with E-state index in [1.165, 1.54) is 0 Å². The number of aromatic hydroxyl groups is 5. The van der Waals surface area contributed by atoms with Gasteiger partial charge in [0.05, 0.1) is 5.56 Å². The molecule has 5 nitrogen and oxygen atoms in total. The topological polar surface area (TPSA) is 101 Å². The highest BCUT2D eigenvalue weighted by molar-refractivity contribution is 6.26. The first-order valence-corrected chi connectivity index (χ1v) is 13.2. The van der Waals surface area contributed by atoms with E-state index in [4.69, 9.17) is 0 Å². The second-order valence-electron chi connectivity index (χ2n) is 10.0. The van der Waals surface area contributed by atoms with E-state index in [9.17, 15) is 25.5 Å². The first-order chi connectivity index (χ1) is 20.0. The van der Waals surface area contributed by atoms with Gasteiger partial charge in [-0.2, -0.15) is 0 Å². The van der Waals surface area contributed by atoms with Crippen LogP contribution < -0.4 is 0 Å². The molecule has 0 saturated carbocycles. The summed E-state index contributed by atoms with van der Waals surface area (Å²) in [6.45, 7) is 0. The summed E-state index contributed by atoms with van der Waals surface area (Å²) in [5.41, 5.74) is 4.38. The van der Waals surface area contributed by atoms with Crippen LogP contribution in [0.5, 0.6) is 28.7 Å². The molecule has 0 saturated heterocycles. The van der Waals surface area contributed by atoms with Gasteiger partial charge >= 0.3 is 0 Å². The van der Waals surface area contributed by atoms with Crippen molar-refractivity contribution in [3.05, 3.63) is 115 Å². The molecule has 7 aromatic rings. The molecule has 0 aliphatic carbocycles. The van der Waals surface area contributed by atoms with Crippen molar-refractivity contribution in [2.24, 2.45) is 0 Å². The van der Waals surface area contributed by atoms with Gasteiger partial charge in [0.2, 0.25) is 17.2 Å². The molecule has 0 heterocycles. The van der Waals surface area contributed by atoms with Gasteiger partial charge in [-0.05, 0) is 54.6 Å². The van der Waals surface area contributed by atoms with Crippen molar-refractivity contribution in [2.75, 3.05) is 0 Å². The quantitative estimate of drug-likeness (QED) is 0.0884. The molecule has 5 heteroatoms. The van der Waals surface area contributed by atoms with E-state index in [1.54, 1.807) is 0 Å². The summed E-state index contributed by atoms with van der Waals surface area (Å²) in [5, 5.41) is 58.2. The van der Waals surface area contributed by atoms with E-state index in [0.29, 0.717) is 16.3 Å². The Balaban J connectivity index is 1.72. The fourth-order valence-corrected chi connectivity index (χ4v) is 5.99. The second-order valence-corrected chi connectivity index (χ2v) is 10.0.